The van der Waals surface area contributed by atoms with Crippen LogP contribution < -0.4 is 10.6 Å². The van der Waals surface area contributed by atoms with Gasteiger partial charge in [0.1, 0.15) is 0 Å². The average Bonchev–Trinajstić information content (AvgIpc) is 2.45. The molecular formula is C18H29ClN2O. The lowest BCUT2D eigenvalue weighted by molar-refractivity contribution is -0.121. The Labute approximate surface area is 140 Å². The van der Waals surface area contributed by atoms with Gasteiger partial charge in [-0.15, -0.1) is 12.4 Å². The van der Waals surface area contributed by atoms with Gasteiger partial charge < -0.3 is 10.6 Å². The summed E-state index contributed by atoms with van der Waals surface area (Å²) >= 11 is 0. The Bertz CT molecular complexity index is 496. The normalized spacial score (nSPS) is 16.7. The van der Waals surface area contributed by atoms with Crippen LogP contribution in [0.4, 0.5) is 0 Å². The van der Waals surface area contributed by atoms with Gasteiger partial charge in [0.15, 0.2) is 0 Å². The summed E-state index contributed by atoms with van der Waals surface area (Å²) < 4.78 is 0. The molecule has 4 heteroatoms. The molecule has 1 aromatic carbocycles. The molecule has 0 aliphatic carbocycles. The first kappa shape index (κ1) is 19.0. The van der Waals surface area contributed by atoms with E-state index < -0.39 is 0 Å². The number of hydrogen-bond acceptors (Lipinski definition) is 2. The van der Waals surface area contributed by atoms with Crippen LogP contribution in [0, 0.1) is 19.3 Å². The van der Waals surface area contributed by atoms with Crippen LogP contribution in [0.25, 0.3) is 0 Å². The number of rotatable bonds is 5. The van der Waals surface area contributed by atoms with Crippen LogP contribution in [0.3, 0.4) is 0 Å². The smallest absolute Gasteiger partial charge is 0.220 e. The summed E-state index contributed by atoms with van der Waals surface area (Å²) in [5.41, 5.74) is 4.11. The highest BCUT2D eigenvalue weighted by atomic mass is 35.5. The lowest BCUT2D eigenvalue weighted by atomic mass is 9.81. The summed E-state index contributed by atoms with van der Waals surface area (Å²) in [6.45, 7) is 9.43. The van der Waals surface area contributed by atoms with Crippen molar-refractivity contribution < 1.29 is 4.79 Å². The van der Waals surface area contributed by atoms with Crippen molar-refractivity contribution in [3.8, 4) is 0 Å². The Morgan fingerprint density at radius 3 is 2.59 bits per heavy atom. The Hall–Kier alpha value is -1.06. The van der Waals surface area contributed by atoms with E-state index in [1.165, 1.54) is 16.7 Å². The molecule has 22 heavy (non-hydrogen) atoms. The van der Waals surface area contributed by atoms with E-state index in [1.54, 1.807) is 0 Å². The van der Waals surface area contributed by atoms with Gasteiger partial charge in [-0.3, -0.25) is 4.79 Å². The van der Waals surface area contributed by atoms with E-state index in [2.05, 4.69) is 49.6 Å². The lowest BCUT2D eigenvalue weighted by Crippen LogP contribution is -2.42. The zero-order valence-corrected chi connectivity index (χ0v) is 14.8. The molecule has 1 saturated heterocycles. The van der Waals surface area contributed by atoms with Gasteiger partial charge in [0, 0.05) is 13.0 Å². The third-order valence-electron chi connectivity index (χ3n) is 4.64. The molecule has 0 bridgehead atoms. The van der Waals surface area contributed by atoms with Gasteiger partial charge in [-0.05, 0) is 62.7 Å². The van der Waals surface area contributed by atoms with Gasteiger partial charge in [-0.25, -0.2) is 0 Å². The lowest BCUT2D eigenvalue weighted by Gasteiger charge is -2.34. The van der Waals surface area contributed by atoms with Crippen molar-refractivity contribution in [2.75, 3.05) is 19.6 Å². The van der Waals surface area contributed by atoms with Gasteiger partial charge in [0.2, 0.25) is 5.91 Å². The van der Waals surface area contributed by atoms with E-state index in [1.807, 2.05) is 0 Å². The molecule has 2 rings (SSSR count). The highest BCUT2D eigenvalue weighted by Gasteiger charge is 2.26. The number of hydrogen-bond donors (Lipinski definition) is 2. The number of piperidine rings is 1. The van der Waals surface area contributed by atoms with E-state index in [0.29, 0.717) is 6.42 Å². The van der Waals surface area contributed by atoms with Gasteiger partial charge in [0.05, 0.1) is 0 Å². The molecule has 124 valence electrons. The molecule has 0 saturated carbocycles. The highest BCUT2D eigenvalue weighted by molar-refractivity contribution is 5.85. The van der Waals surface area contributed by atoms with E-state index >= 15 is 0 Å². The third kappa shape index (κ3) is 5.62. The maximum Gasteiger partial charge on any atom is 0.220 e. The number of halogens is 1. The second-order valence-electron chi connectivity index (χ2n) is 6.77. The molecule has 0 unspecified atom stereocenters. The molecule has 1 aromatic rings. The van der Waals surface area contributed by atoms with Gasteiger partial charge in [0.25, 0.3) is 0 Å². The molecule has 1 fully saturated rings. The first-order valence-corrected chi connectivity index (χ1v) is 8.02. The predicted molar refractivity (Wildman–Crippen MR) is 94.7 cm³/mol. The van der Waals surface area contributed by atoms with Crippen LogP contribution in [0.2, 0.25) is 0 Å². The van der Waals surface area contributed by atoms with Gasteiger partial charge in [-0.2, -0.15) is 0 Å². The van der Waals surface area contributed by atoms with E-state index in [-0.39, 0.29) is 23.7 Å². The minimum Gasteiger partial charge on any atom is -0.356 e. The number of aryl methyl sites for hydroxylation is 3. The van der Waals surface area contributed by atoms with Gasteiger partial charge >= 0.3 is 0 Å². The molecule has 0 atom stereocenters. The molecule has 0 aromatic heterocycles. The quantitative estimate of drug-likeness (QED) is 0.873. The molecule has 0 spiro atoms. The predicted octanol–water partition coefficient (Wildman–Crippen LogP) is 3.16. The molecule has 1 amide bonds. The Kier molecular flexibility index (Phi) is 7.37. The highest BCUT2D eigenvalue weighted by Crippen LogP contribution is 2.26. The third-order valence-corrected chi connectivity index (χ3v) is 4.64. The SMILES string of the molecule is Cc1ccc(CCC(=O)NCC2(C)CCNCC2)c(C)c1.Cl. The second-order valence-corrected chi connectivity index (χ2v) is 6.77. The summed E-state index contributed by atoms with van der Waals surface area (Å²) in [5, 5.41) is 6.50. The van der Waals surface area contributed by atoms with Crippen molar-refractivity contribution in [2.45, 2.75) is 46.5 Å². The van der Waals surface area contributed by atoms with Crippen LogP contribution in [0.15, 0.2) is 18.2 Å². The minimum absolute atomic E-state index is 0. The molecule has 2 N–H and O–H groups in total. The summed E-state index contributed by atoms with van der Waals surface area (Å²) in [6.07, 6.45) is 3.70. The van der Waals surface area contributed by atoms with Crippen molar-refractivity contribution in [1.29, 1.82) is 0 Å². The minimum atomic E-state index is 0. The van der Waals surface area contributed by atoms with Gasteiger partial charge in [-0.1, -0.05) is 30.7 Å². The number of amides is 1. The molecule has 1 heterocycles. The fourth-order valence-electron chi connectivity index (χ4n) is 2.98. The van der Waals surface area contributed by atoms with Crippen molar-refractivity contribution in [3.63, 3.8) is 0 Å². The number of benzene rings is 1. The van der Waals surface area contributed by atoms with Crippen molar-refractivity contribution in [1.82, 2.24) is 10.6 Å². The van der Waals surface area contributed by atoms with Crippen LogP contribution in [-0.2, 0) is 11.2 Å². The van der Waals surface area contributed by atoms with Crippen LogP contribution >= 0.6 is 12.4 Å². The monoisotopic (exact) mass is 324 g/mol. The van der Waals surface area contributed by atoms with Crippen molar-refractivity contribution in [3.05, 3.63) is 34.9 Å². The molecule has 3 nitrogen and oxygen atoms in total. The molecule has 1 aliphatic heterocycles. The molecular weight excluding hydrogens is 296 g/mol. The largest absolute Gasteiger partial charge is 0.356 e. The van der Waals surface area contributed by atoms with Crippen LogP contribution in [0.5, 0.6) is 0 Å². The second kappa shape index (κ2) is 8.54. The zero-order valence-electron chi connectivity index (χ0n) is 14.0. The van der Waals surface area contributed by atoms with E-state index in [0.717, 1.165) is 38.9 Å². The molecule has 0 radical (unpaired) electrons. The fourth-order valence-corrected chi connectivity index (χ4v) is 2.98. The molecule has 1 aliphatic rings. The Morgan fingerprint density at radius 2 is 1.95 bits per heavy atom. The fraction of sp³-hybridized carbons (Fsp3) is 0.611. The number of nitrogens with one attached hydrogen (secondary N) is 2. The summed E-state index contributed by atoms with van der Waals surface area (Å²) in [4.78, 5) is 12.1. The van der Waals surface area contributed by atoms with E-state index in [4.69, 9.17) is 0 Å². The number of carbonyl (C=O) groups excluding carboxylic acids is 1. The van der Waals surface area contributed by atoms with Crippen LogP contribution in [0.1, 0.15) is 42.9 Å². The number of carbonyl (C=O) groups is 1. The zero-order chi connectivity index (χ0) is 15.3. The average molecular weight is 325 g/mol. The van der Waals surface area contributed by atoms with E-state index in [9.17, 15) is 4.79 Å². The first-order valence-electron chi connectivity index (χ1n) is 8.02. The topological polar surface area (TPSA) is 41.1 Å². The van der Waals surface area contributed by atoms with Crippen molar-refractivity contribution in [2.24, 2.45) is 5.41 Å². The summed E-state index contributed by atoms with van der Waals surface area (Å²) in [7, 11) is 0. The Balaban J connectivity index is 0.00000242. The van der Waals surface area contributed by atoms with Crippen molar-refractivity contribution >= 4 is 18.3 Å². The maximum absolute atomic E-state index is 12.1. The summed E-state index contributed by atoms with van der Waals surface area (Å²) in [6, 6.07) is 6.45. The maximum atomic E-state index is 12.1. The standard InChI is InChI=1S/C18H28N2O.ClH/c1-14-4-5-16(15(2)12-14)6-7-17(21)20-13-18(3)8-10-19-11-9-18;/h4-5,12,19H,6-11,13H2,1-3H3,(H,20,21);1H. The summed E-state index contributed by atoms with van der Waals surface area (Å²) in [5.74, 6) is 0.176. The first-order chi connectivity index (χ1) is 9.98. The van der Waals surface area contributed by atoms with Crippen LogP contribution in [-0.4, -0.2) is 25.5 Å². The Morgan fingerprint density at radius 1 is 1.27 bits per heavy atom.